The molecule has 0 aromatic carbocycles. The molecule has 1 aliphatic rings. The Kier molecular flexibility index (Phi) is 2.54. The van der Waals surface area contributed by atoms with Crippen LogP contribution < -0.4 is 0 Å². The first-order valence-corrected chi connectivity index (χ1v) is 5.74. The molecule has 0 bridgehead atoms. The molecule has 2 rings (SSSR count). The lowest BCUT2D eigenvalue weighted by molar-refractivity contribution is -0.148. The van der Waals surface area contributed by atoms with Crippen LogP contribution in [0.25, 0.3) is 0 Å². The highest BCUT2D eigenvalue weighted by Gasteiger charge is 2.54. The van der Waals surface area contributed by atoms with Crippen molar-refractivity contribution < 1.29 is 15.0 Å². The molecule has 1 saturated carbocycles. The number of nitrogens with zero attached hydrogens (tertiary/aromatic N) is 2. The molecule has 1 atom stereocenters. The number of hydrogen-bond donors (Lipinski definition) is 2. The number of carboxylic acid groups (broad SMARTS) is 1. The Morgan fingerprint density at radius 2 is 2.12 bits per heavy atom. The van der Waals surface area contributed by atoms with Crippen LogP contribution in [0.4, 0.5) is 0 Å². The van der Waals surface area contributed by atoms with Gasteiger partial charge in [0.05, 0.1) is 11.7 Å². The van der Waals surface area contributed by atoms with Crippen molar-refractivity contribution in [2.75, 3.05) is 0 Å². The first-order valence-electron chi connectivity index (χ1n) is 5.74. The number of carboxylic acids is 1. The average Bonchev–Trinajstić information content (AvgIpc) is 2.85. The maximum atomic E-state index is 10.9. The van der Waals surface area contributed by atoms with Gasteiger partial charge in [0, 0.05) is 11.6 Å². The zero-order valence-electron chi connectivity index (χ0n) is 10.3. The van der Waals surface area contributed by atoms with Gasteiger partial charge in [-0.3, -0.25) is 4.68 Å². The van der Waals surface area contributed by atoms with Crippen molar-refractivity contribution in [2.24, 2.45) is 0 Å². The summed E-state index contributed by atoms with van der Waals surface area (Å²) in [5, 5.41) is 22.9. The van der Waals surface area contributed by atoms with Gasteiger partial charge in [0.15, 0.2) is 6.10 Å². The maximum absolute atomic E-state index is 10.9. The highest BCUT2D eigenvalue weighted by molar-refractivity contribution is 5.75. The number of aliphatic hydroxyl groups excluding tert-OH is 1. The van der Waals surface area contributed by atoms with Crippen LogP contribution in [-0.4, -0.2) is 32.1 Å². The van der Waals surface area contributed by atoms with E-state index in [1.54, 1.807) is 10.9 Å². The summed E-state index contributed by atoms with van der Waals surface area (Å²) in [5.41, 5.74) is 0.0695. The van der Waals surface area contributed by atoms with Gasteiger partial charge in [-0.15, -0.1) is 0 Å². The second kappa shape index (κ2) is 3.57. The minimum absolute atomic E-state index is 0.136. The smallest absolute Gasteiger partial charge is 0.333 e. The molecular formula is C12H18N2O3. The minimum atomic E-state index is -1.33. The molecule has 5 nitrogen and oxygen atoms in total. The van der Waals surface area contributed by atoms with Gasteiger partial charge in [0.1, 0.15) is 0 Å². The lowest BCUT2D eigenvalue weighted by Gasteiger charge is -2.20. The zero-order chi connectivity index (χ0) is 12.8. The van der Waals surface area contributed by atoms with Gasteiger partial charge in [0.2, 0.25) is 0 Å². The molecule has 0 radical (unpaired) electrons. The predicted molar refractivity (Wildman–Crippen MR) is 61.8 cm³/mol. The van der Waals surface area contributed by atoms with E-state index in [-0.39, 0.29) is 5.54 Å². The van der Waals surface area contributed by atoms with Crippen molar-refractivity contribution in [3.8, 4) is 0 Å². The number of rotatable bonds is 3. The summed E-state index contributed by atoms with van der Waals surface area (Å²) in [7, 11) is 0. The normalized spacial score (nSPS) is 20.0. The molecule has 1 aromatic rings. The van der Waals surface area contributed by atoms with E-state index in [0.29, 0.717) is 12.8 Å². The van der Waals surface area contributed by atoms with Gasteiger partial charge in [0.25, 0.3) is 0 Å². The van der Waals surface area contributed by atoms with Crippen molar-refractivity contribution in [3.63, 3.8) is 0 Å². The molecule has 5 heteroatoms. The molecular weight excluding hydrogens is 220 g/mol. The molecule has 0 saturated heterocycles. The van der Waals surface area contributed by atoms with Gasteiger partial charge in [-0.1, -0.05) is 0 Å². The molecule has 1 aliphatic carbocycles. The van der Waals surface area contributed by atoms with Crippen molar-refractivity contribution in [2.45, 2.75) is 50.7 Å². The Hall–Kier alpha value is -1.36. The molecule has 1 heterocycles. The van der Waals surface area contributed by atoms with Crippen LogP contribution in [0.3, 0.4) is 0 Å². The summed E-state index contributed by atoms with van der Waals surface area (Å²) in [6, 6.07) is 0. The monoisotopic (exact) mass is 238 g/mol. The predicted octanol–water partition coefficient (Wildman–Crippen LogP) is 1.12. The molecule has 1 aromatic heterocycles. The third-order valence-electron chi connectivity index (χ3n) is 3.39. The maximum Gasteiger partial charge on any atom is 0.333 e. The Morgan fingerprint density at radius 3 is 2.47 bits per heavy atom. The highest BCUT2D eigenvalue weighted by atomic mass is 16.4. The molecule has 0 amide bonds. The largest absolute Gasteiger partial charge is 0.479 e. The van der Waals surface area contributed by atoms with Crippen molar-refractivity contribution in [3.05, 3.63) is 18.0 Å². The van der Waals surface area contributed by atoms with Gasteiger partial charge in [-0.05, 0) is 39.2 Å². The van der Waals surface area contributed by atoms with Crippen molar-refractivity contribution >= 4 is 5.97 Å². The van der Waals surface area contributed by atoms with E-state index >= 15 is 0 Å². The van der Waals surface area contributed by atoms with Crippen LogP contribution in [0, 0.1) is 0 Å². The summed E-state index contributed by atoms with van der Waals surface area (Å²) < 4.78 is 1.80. The number of aromatic nitrogens is 2. The van der Waals surface area contributed by atoms with E-state index < -0.39 is 17.5 Å². The summed E-state index contributed by atoms with van der Waals surface area (Å²) in [5.74, 6) is -1.16. The van der Waals surface area contributed by atoms with Crippen LogP contribution in [-0.2, 0) is 15.7 Å². The second-order valence-electron chi connectivity index (χ2n) is 5.74. The summed E-state index contributed by atoms with van der Waals surface area (Å²) in [6.07, 6.45) is 3.59. The lowest BCUT2D eigenvalue weighted by atomic mass is 9.92. The van der Waals surface area contributed by atoms with E-state index in [9.17, 15) is 9.90 Å². The van der Waals surface area contributed by atoms with Gasteiger partial charge in [-0.2, -0.15) is 5.10 Å². The summed E-state index contributed by atoms with van der Waals surface area (Å²) in [4.78, 5) is 10.9. The van der Waals surface area contributed by atoms with Crippen LogP contribution in [0.1, 0.15) is 39.2 Å². The van der Waals surface area contributed by atoms with Crippen LogP contribution in [0.2, 0.25) is 0 Å². The zero-order valence-corrected chi connectivity index (χ0v) is 10.3. The van der Waals surface area contributed by atoms with Gasteiger partial charge < -0.3 is 10.2 Å². The van der Waals surface area contributed by atoms with E-state index in [0.717, 1.165) is 5.56 Å². The fraction of sp³-hybridized carbons (Fsp3) is 0.667. The topological polar surface area (TPSA) is 75.4 Å². The Bertz CT molecular complexity index is 441. The van der Waals surface area contributed by atoms with Gasteiger partial charge in [-0.25, -0.2) is 4.79 Å². The van der Waals surface area contributed by atoms with Gasteiger partial charge >= 0.3 is 5.97 Å². The third-order valence-corrected chi connectivity index (χ3v) is 3.39. The first-order chi connectivity index (χ1) is 7.77. The van der Waals surface area contributed by atoms with Crippen LogP contribution >= 0.6 is 0 Å². The highest BCUT2D eigenvalue weighted by Crippen LogP contribution is 2.51. The Balaban J connectivity index is 2.30. The number of aliphatic hydroxyl groups is 1. The van der Waals surface area contributed by atoms with Crippen LogP contribution in [0.5, 0.6) is 0 Å². The molecule has 0 spiro atoms. The third kappa shape index (κ3) is 1.95. The molecule has 0 aliphatic heterocycles. The van der Waals surface area contributed by atoms with E-state index in [4.69, 9.17) is 5.11 Å². The van der Waals surface area contributed by atoms with Crippen LogP contribution in [0.15, 0.2) is 12.4 Å². The molecule has 94 valence electrons. The number of aliphatic carboxylic acids is 1. The second-order valence-corrected chi connectivity index (χ2v) is 5.74. The SMILES string of the molecule is CC(C)(C)n1cc(C2(C(O)C(=O)O)CC2)cn1. The van der Waals surface area contributed by atoms with Crippen molar-refractivity contribution in [1.29, 1.82) is 0 Å². The molecule has 17 heavy (non-hydrogen) atoms. The fourth-order valence-corrected chi connectivity index (χ4v) is 2.04. The minimum Gasteiger partial charge on any atom is -0.479 e. The molecule has 2 N–H and O–H groups in total. The number of hydrogen-bond acceptors (Lipinski definition) is 3. The van der Waals surface area contributed by atoms with E-state index in [1.165, 1.54) is 0 Å². The lowest BCUT2D eigenvalue weighted by Crippen LogP contribution is -2.33. The molecule has 1 fully saturated rings. The quantitative estimate of drug-likeness (QED) is 0.827. The number of carbonyl (C=O) groups is 1. The van der Waals surface area contributed by atoms with Crippen molar-refractivity contribution in [1.82, 2.24) is 9.78 Å². The van der Waals surface area contributed by atoms with E-state index in [1.807, 2.05) is 27.0 Å². The average molecular weight is 238 g/mol. The molecule has 1 unspecified atom stereocenters. The summed E-state index contributed by atoms with van der Waals surface area (Å²) >= 11 is 0. The van der Waals surface area contributed by atoms with E-state index in [2.05, 4.69) is 5.10 Å². The first kappa shape index (κ1) is 12.1. The standard InChI is InChI=1S/C12H18N2O3/c1-11(2,3)14-7-8(6-13-14)12(4-5-12)9(15)10(16)17/h6-7,9,15H,4-5H2,1-3H3,(H,16,17). The Morgan fingerprint density at radius 1 is 1.53 bits per heavy atom. The Labute approximate surface area is 100 Å². The fourth-order valence-electron chi connectivity index (χ4n) is 2.04. The summed E-state index contributed by atoms with van der Waals surface area (Å²) in [6.45, 7) is 6.07.